The number of carbonyl (C=O) groups excluding carboxylic acids is 7. The molecule has 0 radical (unpaired) electrons. The van der Waals surface area contributed by atoms with Crippen molar-refractivity contribution in [2.24, 2.45) is 29.6 Å². The first kappa shape index (κ1) is 59.9. The third-order valence-electron chi connectivity index (χ3n) is 14.2. The zero-order chi connectivity index (χ0) is 52.8. The second-order valence-corrected chi connectivity index (χ2v) is 20.3. The number of amides is 1. The molecular formula is C53H83NO16. The molecule has 1 amide bonds. The van der Waals surface area contributed by atoms with E-state index in [1.807, 2.05) is 45.9 Å². The van der Waals surface area contributed by atoms with Gasteiger partial charge in [0.25, 0.3) is 11.7 Å². The number of fused-ring (bicyclic) bond motifs is 3. The minimum atomic E-state index is -2.60. The van der Waals surface area contributed by atoms with Crippen LogP contribution in [0.1, 0.15) is 161 Å². The number of piperidine rings is 1. The fourth-order valence-electron chi connectivity index (χ4n) is 9.99. The molecule has 3 rings (SSSR count). The van der Waals surface area contributed by atoms with Crippen LogP contribution in [-0.2, 0) is 62.0 Å². The molecular weight excluding hydrogens is 907 g/mol. The van der Waals surface area contributed by atoms with Gasteiger partial charge in [-0.3, -0.25) is 28.8 Å². The highest BCUT2D eigenvalue weighted by molar-refractivity contribution is 6.39. The number of cyclic esters (lactones) is 1. The summed E-state index contributed by atoms with van der Waals surface area (Å²) in [6, 6.07) is -1.18. The molecule has 3 aliphatic heterocycles. The lowest BCUT2D eigenvalue weighted by molar-refractivity contribution is -0.266. The number of ketones is 1. The van der Waals surface area contributed by atoms with Crippen LogP contribution in [0.25, 0.3) is 0 Å². The highest BCUT2D eigenvalue weighted by atomic mass is 16.6. The molecule has 3 N–H and O–H groups in total. The number of allylic oxidation sites excluding steroid dienone is 1. The van der Waals surface area contributed by atoms with E-state index in [-0.39, 0.29) is 62.8 Å². The van der Waals surface area contributed by atoms with Gasteiger partial charge in [-0.25, -0.2) is 4.79 Å². The molecule has 15 atom stereocenters. The number of nitrogens with zero attached hydrogens (tertiary/aromatic N) is 1. The van der Waals surface area contributed by atoms with Crippen LogP contribution in [0.2, 0.25) is 0 Å². The van der Waals surface area contributed by atoms with E-state index in [9.17, 15) is 48.9 Å². The molecule has 2 fully saturated rings. The fraction of sp³-hybridized carbons (Fsp3) is 0.755. The number of hydrogen-bond donors (Lipinski definition) is 3. The lowest BCUT2D eigenvalue weighted by atomic mass is 9.83. The summed E-state index contributed by atoms with van der Waals surface area (Å²) in [5.41, 5.74) is 2.04. The molecule has 17 heteroatoms. The summed E-state index contributed by atoms with van der Waals surface area (Å²) in [4.78, 5) is 93.5. The SMILES string of the molecule is CC/C1=C\CC(/C(C)=C/C(C)C(C)OC(C)=O)OC(=O)C2CCCCN2C(=O)C(=O)C2(O)OC(CCC2C)CC(O)C(C)C(O)CC(OC(C)=O)CC(OC(C)=O)/C(C)=C/C(C)CC(C)C1OC(C)=O. The van der Waals surface area contributed by atoms with Crippen molar-refractivity contribution in [1.29, 1.82) is 0 Å². The summed E-state index contributed by atoms with van der Waals surface area (Å²) in [5.74, 6) is -10.3. The van der Waals surface area contributed by atoms with Crippen LogP contribution in [0.4, 0.5) is 0 Å². The predicted molar refractivity (Wildman–Crippen MR) is 258 cm³/mol. The highest BCUT2D eigenvalue weighted by Gasteiger charge is 2.53. The van der Waals surface area contributed by atoms with E-state index in [0.717, 1.165) is 10.5 Å². The molecule has 3 heterocycles. The molecule has 17 nitrogen and oxygen atoms in total. The van der Waals surface area contributed by atoms with E-state index >= 15 is 0 Å². The van der Waals surface area contributed by atoms with Crippen molar-refractivity contribution in [3.8, 4) is 0 Å². The standard InChI is InChI=1S/C53H83NO16/c1-14-41-19-21-47(32(5)25-30(3)36(9)65-37(10)55)69-52(63)44-17-15-16-22-54(44)51(62)50(61)53(64)34(7)18-20-42(70-53)26-45(59)35(8)46(60)27-43(66-38(11)56)28-48(67-39(12)57)31(4)23-29(2)24-33(6)49(41)68-40(13)58/h19,23,25,29-30,33-36,42-49,59-60,64H,14-18,20-22,24,26-28H2,1-13H3/b31-23+,32-25+,41-19+. The first-order chi connectivity index (χ1) is 32.7. The number of Topliss-reactive ketones (excluding diaryl/α,β-unsaturated/α-hetero) is 1. The predicted octanol–water partition coefficient (Wildman–Crippen LogP) is 6.56. The van der Waals surface area contributed by atoms with Gasteiger partial charge in [0.1, 0.15) is 36.6 Å². The Bertz CT molecular complexity index is 1930. The van der Waals surface area contributed by atoms with Gasteiger partial charge in [-0.05, 0) is 101 Å². The van der Waals surface area contributed by atoms with Gasteiger partial charge in [0.05, 0.1) is 18.3 Å². The van der Waals surface area contributed by atoms with Crippen LogP contribution in [0.15, 0.2) is 34.9 Å². The van der Waals surface area contributed by atoms with Crippen molar-refractivity contribution >= 4 is 41.5 Å². The second-order valence-electron chi connectivity index (χ2n) is 20.3. The normalized spacial score (nSPS) is 35.5. The maximum Gasteiger partial charge on any atom is 0.329 e. The largest absolute Gasteiger partial charge is 0.462 e. The smallest absolute Gasteiger partial charge is 0.329 e. The number of carbonyl (C=O) groups is 7. The fourth-order valence-corrected chi connectivity index (χ4v) is 9.99. The van der Waals surface area contributed by atoms with Gasteiger partial charge in [-0.1, -0.05) is 59.8 Å². The van der Waals surface area contributed by atoms with Gasteiger partial charge < -0.3 is 48.6 Å². The van der Waals surface area contributed by atoms with Crippen LogP contribution in [0.5, 0.6) is 0 Å². The summed E-state index contributed by atoms with van der Waals surface area (Å²) >= 11 is 0. The van der Waals surface area contributed by atoms with Crippen molar-refractivity contribution in [1.82, 2.24) is 4.90 Å². The molecule has 0 aromatic carbocycles. The van der Waals surface area contributed by atoms with Crippen molar-refractivity contribution in [2.75, 3.05) is 6.54 Å². The highest BCUT2D eigenvalue weighted by Crippen LogP contribution is 2.37. The minimum Gasteiger partial charge on any atom is -0.462 e. The first-order valence-corrected chi connectivity index (χ1v) is 25.2. The Morgan fingerprint density at radius 1 is 0.843 bits per heavy atom. The topological polar surface area (TPSA) is 239 Å². The molecule has 0 aromatic heterocycles. The number of ether oxygens (including phenoxy) is 6. The van der Waals surface area contributed by atoms with Gasteiger partial charge in [-0.2, -0.15) is 0 Å². The number of aliphatic hydroxyl groups is 3. The van der Waals surface area contributed by atoms with Gasteiger partial charge in [0.15, 0.2) is 0 Å². The Morgan fingerprint density at radius 2 is 1.47 bits per heavy atom. The van der Waals surface area contributed by atoms with E-state index in [2.05, 4.69) is 0 Å². The van der Waals surface area contributed by atoms with Gasteiger partial charge >= 0.3 is 29.8 Å². The van der Waals surface area contributed by atoms with Crippen molar-refractivity contribution in [2.45, 2.75) is 221 Å². The van der Waals surface area contributed by atoms with E-state index in [0.29, 0.717) is 43.3 Å². The van der Waals surface area contributed by atoms with Crippen LogP contribution < -0.4 is 0 Å². The van der Waals surface area contributed by atoms with E-state index in [1.165, 1.54) is 27.7 Å². The van der Waals surface area contributed by atoms with Gasteiger partial charge in [0.2, 0.25) is 5.79 Å². The second kappa shape index (κ2) is 27.4. The van der Waals surface area contributed by atoms with Crippen LogP contribution in [0, 0.1) is 29.6 Å². The quantitative estimate of drug-likeness (QED) is 0.101. The Kier molecular flexibility index (Phi) is 23.4. The Balaban J connectivity index is 2.21. The molecule has 396 valence electrons. The monoisotopic (exact) mass is 990 g/mol. The molecule has 0 spiro atoms. The van der Waals surface area contributed by atoms with Crippen molar-refractivity contribution in [3.63, 3.8) is 0 Å². The third-order valence-corrected chi connectivity index (χ3v) is 14.2. The summed E-state index contributed by atoms with van der Waals surface area (Å²) in [6.07, 6.45) is 0.962. The summed E-state index contributed by atoms with van der Waals surface area (Å²) in [7, 11) is 0. The Labute approximate surface area is 415 Å². The van der Waals surface area contributed by atoms with Crippen LogP contribution >= 0.6 is 0 Å². The molecule has 3 aliphatic rings. The molecule has 15 unspecified atom stereocenters. The number of esters is 5. The zero-order valence-electron chi connectivity index (χ0n) is 43.9. The maximum atomic E-state index is 14.4. The lowest BCUT2D eigenvalue weighted by Gasteiger charge is -2.43. The van der Waals surface area contributed by atoms with Gasteiger partial charge in [0, 0.05) is 71.3 Å². The minimum absolute atomic E-state index is 0.00580. The lowest BCUT2D eigenvalue weighted by Crippen LogP contribution is -2.61. The van der Waals surface area contributed by atoms with Crippen LogP contribution in [-0.4, -0.2) is 129 Å². The van der Waals surface area contributed by atoms with Crippen molar-refractivity contribution < 1.29 is 77.3 Å². The van der Waals surface area contributed by atoms with E-state index in [4.69, 9.17) is 28.4 Å². The third kappa shape index (κ3) is 17.4. The first-order valence-electron chi connectivity index (χ1n) is 25.2. The number of rotatable bonds is 8. The molecule has 2 saturated heterocycles. The molecule has 2 bridgehead atoms. The Hall–Kier alpha value is -4.45. The zero-order valence-corrected chi connectivity index (χ0v) is 43.9. The molecule has 70 heavy (non-hydrogen) atoms. The van der Waals surface area contributed by atoms with Gasteiger partial charge in [-0.15, -0.1) is 0 Å². The van der Waals surface area contributed by atoms with Crippen LogP contribution in [0.3, 0.4) is 0 Å². The molecule has 0 aromatic rings. The number of aliphatic hydroxyl groups excluding tert-OH is 2. The summed E-state index contributed by atoms with van der Waals surface area (Å²) < 4.78 is 35.2. The molecule has 0 saturated carbocycles. The average Bonchev–Trinajstić information content (AvgIpc) is 3.27. The molecule has 0 aliphatic carbocycles. The average molecular weight is 990 g/mol. The summed E-state index contributed by atoms with van der Waals surface area (Å²) in [5, 5.41) is 34.9. The maximum absolute atomic E-state index is 14.4. The number of hydrogen-bond acceptors (Lipinski definition) is 16. The summed E-state index contributed by atoms with van der Waals surface area (Å²) in [6.45, 7) is 21.4. The van der Waals surface area contributed by atoms with E-state index in [1.54, 1.807) is 34.6 Å². The van der Waals surface area contributed by atoms with E-state index < -0.39 is 114 Å². The van der Waals surface area contributed by atoms with Crippen molar-refractivity contribution in [3.05, 3.63) is 34.9 Å². The Morgan fingerprint density at radius 3 is 2.07 bits per heavy atom.